The van der Waals surface area contributed by atoms with E-state index in [1.807, 2.05) is 19.1 Å². The van der Waals surface area contributed by atoms with Crippen molar-refractivity contribution in [2.45, 2.75) is 32.6 Å². The highest BCUT2D eigenvalue weighted by atomic mass is 127. The predicted molar refractivity (Wildman–Crippen MR) is 134 cm³/mol. The van der Waals surface area contributed by atoms with Gasteiger partial charge in [0, 0.05) is 24.5 Å². The molecule has 2 aliphatic rings. The van der Waals surface area contributed by atoms with Crippen molar-refractivity contribution in [3.63, 3.8) is 0 Å². The summed E-state index contributed by atoms with van der Waals surface area (Å²) < 4.78 is 6.26. The SMILES string of the molecule is CCOc1cc([C@@H]2NC(=O)c3c(sc4c3CCN(Cc3ccccc3)C4)N2)cc(I)c1O. The number of carbonyl (C=O) groups excluding carboxylic acids is 1. The van der Waals surface area contributed by atoms with Crippen molar-refractivity contribution in [1.82, 2.24) is 10.2 Å². The molecule has 2 aliphatic heterocycles. The van der Waals surface area contributed by atoms with Gasteiger partial charge >= 0.3 is 0 Å². The number of halogens is 1. The minimum absolute atomic E-state index is 0.0428. The largest absolute Gasteiger partial charge is 0.504 e. The van der Waals surface area contributed by atoms with E-state index in [-0.39, 0.29) is 17.8 Å². The minimum Gasteiger partial charge on any atom is -0.504 e. The van der Waals surface area contributed by atoms with Gasteiger partial charge in [-0.2, -0.15) is 0 Å². The molecule has 1 amide bonds. The molecule has 32 heavy (non-hydrogen) atoms. The highest BCUT2D eigenvalue weighted by molar-refractivity contribution is 14.1. The lowest BCUT2D eigenvalue weighted by molar-refractivity contribution is 0.0934. The number of carbonyl (C=O) groups is 1. The molecule has 2 aromatic carbocycles. The Kier molecular flexibility index (Phi) is 6.00. The molecule has 3 heterocycles. The van der Waals surface area contributed by atoms with Crippen LogP contribution in [0.1, 0.15) is 45.0 Å². The van der Waals surface area contributed by atoms with E-state index in [4.69, 9.17) is 4.74 Å². The zero-order valence-electron chi connectivity index (χ0n) is 17.7. The van der Waals surface area contributed by atoms with Crippen LogP contribution in [-0.2, 0) is 19.5 Å². The lowest BCUT2D eigenvalue weighted by Crippen LogP contribution is -2.38. The third-order valence-electron chi connectivity index (χ3n) is 5.85. The van der Waals surface area contributed by atoms with Crippen LogP contribution < -0.4 is 15.4 Å². The predicted octanol–water partition coefficient (Wildman–Crippen LogP) is 4.87. The van der Waals surface area contributed by atoms with Crippen molar-refractivity contribution in [1.29, 1.82) is 0 Å². The first-order valence-corrected chi connectivity index (χ1v) is 12.6. The van der Waals surface area contributed by atoms with E-state index in [0.29, 0.717) is 15.9 Å². The van der Waals surface area contributed by atoms with Crippen molar-refractivity contribution in [2.75, 3.05) is 18.5 Å². The number of fused-ring (bicyclic) bond motifs is 3. The van der Waals surface area contributed by atoms with Gasteiger partial charge in [0.25, 0.3) is 5.91 Å². The van der Waals surface area contributed by atoms with Crippen LogP contribution in [0, 0.1) is 3.57 Å². The highest BCUT2D eigenvalue weighted by Crippen LogP contribution is 2.42. The second kappa shape index (κ2) is 8.92. The molecule has 0 aliphatic carbocycles. The number of nitrogens with zero attached hydrogens (tertiary/aromatic N) is 1. The van der Waals surface area contributed by atoms with Crippen LogP contribution in [0.4, 0.5) is 5.00 Å². The molecule has 0 saturated carbocycles. The summed E-state index contributed by atoms with van der Waals surface area (Å²) in [6.07, 6.45) is 0.503. The number of anilines is 1. The van der Waals surface area contributed by atoms with Crippen molar-refractivity contribution in [2.24, 2.45) is 0 Å². The highest BCUT2D eigenvalue weighted by Gasteiger charge is 2.33. The van der Waals surface area contributed by atoms with Crippen molar-refractivity contribution < 1.29 is 14.6 Å². The Hall–Kier alpha value is -2.30. The maximum Gasteiger partial charge on any atom is 0.256 e. The molecular weight excluding hydrogens is 537 g/mol. The third-order valence-corrected chi connectivity index (χ3v) is 7.82. The van der Waals surface area contributed by atoms with Crippen LogP contribution in [0.3, 0.4) is 0 Å². The Morgan fingerprint density at radius 2 is 2.06 bits per heavy atom. The molecule has 0 bridgehead atoms. The fourth-order valence-electron chi connectivity index (χ4n) is 4.34. The second-order valence-corrected chi connectivity index (χ2v) is 10.3. The van der Waals surface area contributed by atoms with E-state index in [1.54, 1.807) is 17.4 Å². The van der Waals surface area contributed by atoms with Gasteiger partial charge < -0.3 is 20.5 Å². The zero-order valence-corrected chi connectivity index (χ0v) is 20.6. The summed E-state index contributed by atoms with van der Waals surface area (Å²) in [4.78, 5) is 16.8. The molecular formula is C24H24IN3O3S. The van der Waals surface area contributed by atoms with E-state index in [1.165, 1.54) is 16.0 Å². The topological polar surface area (TPSA) is 73.8 Å². The molecule has 166 valence electrons. The lowest BCUT2D eigenvalue weighted by Gasteiger charge is -2.29. The van der Waals surface area contributed by atoms with E-state index < -0.39 is 0 Å². The molecule has 1 aromatic heterocycles. The number of phenolic OH excluding ortho intramolecular Hbond substituents is 1. The van der Waals surface area contributed by atoms with Gasteiger partial charge in [-0.15, -0.1) is 11.3 Å². The van der Waals surface area contributed by atoms with Gasteiger partial charge in [0.1, 0.15) is 11.2 Å². The van der Waals surface area contributed by atoms with Gasteiger partial charge in [-0.3, -0.25) is 9.69 Å². The Labute approximate surface area is 204 Å². The maximum absolute atomic E-state index is 13.1. The number of ether oxygens (including phenoxy) is 1. The van der Waals surface area contributed by atoms with Crippen molar-refractivity contribution >= 4 is 44.8 Å². The number of thiophene rings is 1. The zero-order chi connectivity index (χ0) is 22.2. The fraction of sp³-hybridized carbons (Fsp3) is 0.292. The summed E-state index contributed by atoms with van der Waals surface area (Å²) in [5.41, 5.74) is 4.12. The average Bonchev–Trinajstić information content (AvgIpc) is 3.15. The minimum atomic E-state index is -0.371. The van der Waals surface area contributed by atoms with Crippen LogP contribution >= 0.6 is 33.9 Å². The van der Waals surface area contributed by atoms with E-state index in [0.717, 1.165) is 42.2 Å². The van der Waals surface area contributed by atoms with Gasteiger partial charge in [-0.05, 0) is 64.8 Å². The van der Waals surface area contributed by atoms with Gasteiger partial charge in [0.2, 0.25) is 0 Å². The van der Waals surface area contributed by atoms with Gasteiger partial charge in [0.15, 0.2) is 11.5 Å². The number of hydrogen-bond acceptors (Lipinski definition) is 6. The third kappa shape index (κ3) is 4.06. The monoisotopic (exact) mass is 561 g/mol. The summed E-state index contributed by atoms with van der Waals surface area (Å²) in [6.45, 7) is 5.04. The first kappa shape index (κ1) is 21.5. The van der Waals surface area contributed by atoms with Crippen LogP contribution in [0.25, 0.3) is 0 Å². The molecule has 0 spiro atoms. The Morgan fingerprint density at radius 1 is 1.25 bits per heavy atom. The van der Waals surface area contributed by atoms with Crippen LogP contribution in [0.15, 0.2) is 42.5 Å². The summed E-state index contributed by atoms with van der Waals surface area (Å²) in [5.74, 6) is 0.515. The molecule has 3 aromatic rings. The summed E-state index contributed by atoms with van der Waals surface area (Å²) in [6, 6.07) is 14.2. The molecule has 0 saturated heterocycles. The van der Waals surface area contributed by atoms with Gasteiger partial charge in [0.05, 0.1) is 15.7 Å². The smallest absolute Gasteiger partial charge is 0.256 e. The standard InChI is InChI=1S/C24H24IN3O3S/c1-2-31-18-11-15(10-17(25)21(18)29)22-26-23(30)20-16-8-9-28(12-14-6-4-3-5-7-14)13-19(16)32-24(20)27-22/h3-7,10-11,22,27,29H,2,8-9,12-13H2,1H3,(H,26,30)/t22-/m1/s1. The normalized spacial score (nSPS) is 17.8. The second-order valence-electron chi connectivity index (χ2n) is 7.99. The molecule has 1 atom stereocenters. The number of rotatable bonds is 5. The van der Waals surface area contributed by atoms with Crippen LogP contribution in [0.5, 0.6) is 11.5 Å². The average molecular weight is 561 g/mol. The quantitative estimate of drug-likeness (QED) is 0.388. The summed E-state index contributed by atoms with van der Waals surface area (Å²) >= 11 is 3.76. The molecule has 0 unspecified atom stereocenters. The number of nitrogens with one attached hydrogen (secondary N) is 2. The van der Waals surface area contributed by atoms with Crippen molar-refractivity contribution in [3.05, 3.63) is 73.2 Å². The molecule has 8 heteroatoms. The van der Waals surface area contributed by atoms with E-state index >= 15 is 0 Å². The maximum atomic E-state index is 13.1. The molecule has 6 nitrogen and oxygen atoms in total. The summed E-state index contributed by atoms with van der Waals surface area (Å²) in [5, 5.41) is 17.8. The van der Waals surface area contributed by atoms with Crippen molar-refractivity contribution in [3.8, 4) is 11.5 Å². The molecule has 0 radical (unpaired) electrons. The number of benzene rings is 2. The van der Waals surface area contributed by atoms with Crippen LogP contribution in [0.2, 0.25) is 0 Å². The fourth-order valence-corrected chi connectivity index (χ4v) is 6.28. The first-order valence-electron chi connectivity index (χ1n) is 10.7. The number of amides is 1. The Bertz CT molecular complexity index is 1170. The number of phenols is 1. The molecule has 5 rings (SSSR count). The summed E-state index contributed by atoms with van der Waals surface area (Å²) in [7, 11) is 0. The van der Waals surface area contributed by atoms with Crippen LogP contribution in [-0.4, -0.2) is 29.1 Å². The number of aromatic hydroxyl groups is 1. The molecule has 0 fully saturated rings. The lowest BCUT2D eigenvalue weighted by atomic mass is 10.00. The van der Waals surface area contributed by atoms with E-state index in [2.05, 4.69) is 62.4 Å². The number of hydrogen-bond donors (Lipinski definition) is 3. The Morgan fingerprint density at radius 3 is 2.84 bits per heavy atom. The van der Waals surface area contributed by atoms with Gasteiger partial charge in [-0.1, -0.05) is 30.3 Å². The molecule has 3 N–H and O–H groups in total. The van der Waals surface area contributed by atoms with E-state index in [9.17, 15) is 9.90 Å². The first-order chi connectivity index (χ1) is 15.5. The van der Waals surface area contributed by atoms with Gasteiger partial charge in [-0.25, -0.2) is 0 Å². The Balaban J connectivity index is 1.39.